The number of fused-ring (bicyclic) bond motifs is 1. The molecule has 1 aliphatic carbocycles. The lowest BCUT2D eigenvalue weighted by Crippen LogP contribution is -2.42. The molecule has 0 N–H and O–H groups in total. The minimum atomic E-state index is -1.40. The summed E-state index contributed by atoms with van der Waals surface area (Å²) in [5, 5.41) is 21.1. The lowest BCUT2D eigenvalue weighted by atomic mass is 9.62. The van der Waals surface area contributed by atoms with Crippen molar-refractivity contribution in [1.82, 2.24) is 0 Å². The third-order valence-electron chi connectivity index (χ3n) is 4.78. The second kappa shape index (κ2) is 6.25. The number of ketones is 1. The molecule has 0 heterocycles. The van der Waals surface area contributed by atoms with Gasteiger partial charge in [-0.25, -0.2) is 0 Å². The number of nitrogens with zero attached hydrogens (tertiary/aromatic N) is 2. The molecule has 24 heavy (non-hydrogen) atoms. The van der Waals surface area contributed by atoms with E-state index in [1.807, 2.05) is 18.2 Å². The van der Waals surface area contributed by atoms with Crippen LogP contribution in [0.4, 0.5) is 0 Å². The van der Waals surface area contributed by atoms with Crippen molar-refractivity contribution in [2.24, 2.45) is 5.41 Å². The summed E-state index contributed by atoms with van der Waals surface area (Å²) in [5.41, 5.74) is 0.669. The largest absolute Gasteiger partial charge is 0.292 e. The Balaban J connectivity index is 2.13. The number of carbonyl (C=O) groups excluding carboxylic acids is 1. The van der Waals surface area contributed by atoms with E-state index in [9.17, 15) is 20.2 Å². The second-order valence-corrected chi connectivity index (χ2v) is 6.05. The second-order valence-electron chi connectivity index (χ2n) is 6.05. The summed E-state index contributed by atoms with van der Waals surface area (Å²) in [7, 11) is 0. The van der Waals surface area contributed by atoms with Crippen LogP contribution in [0.2, 0.25) is 0 Å². The molecule has 120 valence electrons. The first-order valence-corrected chi connectivity index (χ1v) is 7.79. The van der Waals surface area contributed by atoms with Gasteiger partial charge in [-0.2, -0.15) is 5.26 Å². The first kappa shape index (κ1) is 15.9. The molecule has 5 heteroatoms. The fourth-order valence-corrected chi connectivity index (χ4v) is 3.54. The van der Waals surface area contributed by atoms with Gasteiger partial charge in [-0.05, 0) is 24.0 Å². The van der Waals surface area contributed by atoms with Crippen LogP contribution in [-0.4, -0.2) is 17.3 Å². The van der Waals surface area contributed by atoms with Gasteiger partial charge in [-0.3, -0.25) is 14.9 Å². The van der Waals surface area contributed by atoms with Gasteiger partial charge in [-0.1, -0.05) is 54.6 Å². The molecule has 0 amide bonds. The average molecular weight is 320 g/mol. The van der Waals surface area contributed by atoms with E-state index in [4.69, 9.17) is 0 Å². The third-order valence-corrected chi connectivity index (χ3v) is 4.78. The molecule has 2 aromatic carbocycles. The summed E-state index contributed by atoms with van der Waals surface area (Å²) in [4.78, 5) is 23.9. The Kier molecular flexibility index (Phi) is 4.13. The van der Waals surface area contributed by atoms with Crippen molar-refractivity contribution in [3.63, 3.8) is 0 Å². The first-order valence-electron chi connectivity index (χ1n) is 7.79. The van der Waals surface area contributed by atoms with E-state index in [0.29, 0.717) is 24.0 Å². The lowest BCUT2D eigenvalue weighted by molar-refractivity contribution is -0.485. The predicted octanol–water partition coefficient (Wildman–Crippen LogP) is 3.39. The van der Waals surface area contributed by atoms with Gasteiger partial charge in [0.1, 0.15) is 5.41 Å². The van der Waals surface area contributed by atoms with E-state index in [-0.39, 0.29) is 5.78 Å². The standard InChI is InChI=1S/C19H16N2O3/c20-13-19(11-10-14-6-4-5-9-16(14)18(19)22)17(12-21(23)24)15-7-2-1-3-8-15/h1-9,17H,10-12H2/t17-,19-/m0/s1. The molecule has 0 radical (unpaired) electrons. The lowest BCUT2D eigenvalue weighted by Gasteiger charge is -2.35. The van der Waals surface area contributed by atoms with Gasteiger partial charge in [0.05, 0.1) is 12.0 Å². The Labute approximate surface area is 139 Å². The van der Waals surface area contributed by atoms with Crippen molar-refractivity contribution in [1.29, 1.82) is 5.26 Å². The number of benzene rings is 2. The molecule has 0 unspecified atom stereocenters. The van der Waals surface area contributed by atoms with Crippen molar-refractivity contribution >= 4 is 5.78 Å². The summed E-state index contributed by atoms with van der Waals surface area (Å²) >= 11 is 0. The molecule has 2 atom stereocenters. The summed E-state index contributed by atoms with van der Waals surface area (Å²) < 4.78 is 0. The average Bonchev–Trinajstić information content (AvgIpc) is 2.62. The molecular weight excluding hydrogens is 304 g/mol. The Morgan fingerprint density at radius 1 is 1.17 bits per heavy atom. The van der Waals surface area contributed by atoms with E-state index in [1.165, 1.54) is 0 Å². The minimum absolute atomic E-state index is 0.298. The van der Waals surface area contributed by atoms with E-state index < -0.39 is 22.8 Å². The number of Topliss-reactive ketones (excluding diaryl/α,β-unsaturated/α-hetero) is 1. The van der Waals surface area contributed by atoms with E-state index >= 15 is 0 Å². The molecule has 0 fully saturated rings. The summed E-state index contributed by atoms with van der Waals surface area (Å²) in [6.07, 6.45) is 0.864. The Morgan fingerprint density at radius 2 is 1.83 bits per heavy atom. The smallest absolute Gasteiger partial charge is 0.212 e. The van der Waals surface area contributed by atoms with E-state index in [2.05, 4.69) is 6.07 Å². The topological polar surface area (TPSA) is 84.0 Å². The van der Waals surface area contributed by atoms with Crippen LogP contribution in [0.15, 0.2) is 54.6 Å². The maximum absolute atomic E-state index is 13.1. The molecule has 0 saturated carbocycles. The fourth-order valence-electron chi connectivity index (χ4n) is 3.54. The number of hydrogen-bond acceptors (Lipinski definition) is 4. The highest BCUT2D eigenvalue weighted by atomic mass is 16.6. The Bertz CT molecular complexity index is 826. The molecule has 5 nitrogen and oxygen atoms in total. The van der Waals surface area contributed by atoms with Crippen molar-refractivity contribution < 1.29 is 9.72 Å². The number of rotatable bonds is 4. The number of nitro groups is 1. The zero-order valence-corrected chi connectivity index (χ0v) is 13.0. The van der Waals surface area contributed by atoms with Crippen LogP contribution >= 0.6 is 0 Å². The summed E-state index contributed by atoms with van der Waals surface area (Å²) in [6, 6.07) is 18.2. The zero-order chi connectivity index (χ0) is 17.2. The van der Waals surface area contributed by atoms with Crippen LogP contribution in [0, 0.1) is 26.9 Å². The van der Waals surface area contributed by atoms with Crippen LogP contribution in [0.1, 0.15) is 33.8 Å². The van der Waals surface area contributed by atoms with Gasteiger partial charge in [0.15, 0.2) is 5.78 Å². The first-order chi connectivity index (χ1) is 11.6. The van der Waals surface area contributed by atoms with Crippen molar-refractivity contribution in [3.05, 3.63) is 81.4 Å². The number of hydrogen-bond donors (Lipinski definition) is 0. The van der Waals surface area contributed by atoms with Gasteiger partial charge < -0.3 is 0 Å². The molecule has 3 rings (SSSR count). The highest BCUT2D eigenvalue weighted by Crippen LogP contribution is 2.45. The number of nitriles is 1. The summed E-state index contributed by atoms with van der Waals surface area (Å²) in [5.74, 6) is -1.07. The maximum atomic E-state index is 13.1. The molecule has 2 aromatic rings. The maximum Gasteiger partial charge on any atom is 0.212 e. The number of aryl methyl sites for hydroxylation is 1. The van der Waals surface area contributed by atoms with Gasteiger partial charge in [-0.15, -0.1) is 0 Å². The molecule has 0 bridgehead atoms. The molecule has 1 aliphatic rings. The van der Waals surface area contributed by atoms with Gasteiger partial charge in [0, 0.05) is 10.5 Å². The molecule has 0 aromatic heterocycles. The van der Waals surface area contributed by atoms with E-state index in [1.54, 1.807) is 36.4 Å². The van der Waals surface area contributed by atoms with Crippen molar-refractivity contribution in [2.75, 3.05) is 6.54 Å². The van der Waals surface area contributed by atoms with Gasteiger partial charge in [0.25, 0.3) is 0 Å². The molecular formula is C19H16N2O3. The molecule has 0 saturated heterocycles. The quantitative estimate of drug-likeness (QED) is 0.638. The van der Waals surface area contributed by atoms with Gasteiger partial charge >= 0.3 is 0 Å². The van der Waals surface area contributed by atoms with Crippen LogP contribution in [0.25, 0.3) is 0 Å². The van der Waals surface area contributed by atoms with Gasteiger partial charge in [0.2, 0.25) is 6.54 Å². The zero-order valence-electron chi connectivity index (χ0n) is 13.0. The highest BCUT2D eigenvalue weighted by molar-refractivity contribution is 6.05. The SMILES string of the molecule is N#C[C@]1([C@@H](C[N+](=O)[O-])c2ccccc2)CCc2ccccc2C1=O. The number of carbonyl (C=O) groups is 1. The Hall–Kier alpha value is -3.00. The fraction of sp³-hybridized carbons (Fsp3) is 0.263. The predicted molar refractivity (Wildman–Crippen MR) is 88.2 cm³/mol. The summed E-state index contributed by atoms with van der Waals surface area (Å²) in [6.45, 7) is -0.439. The molecule has 0 spiro atoms. The molecule has 0 aliphatic heterocycles. The monoisotopic (exact) mass is 320 g/mol. The minimum Gasteiger partial charge on any atom is -0.292 e. The normalized spacial score (nSPS) is 20.7. The van der Waals surface area contributed by atoms with Crippen molar-refractivity contribution in [3.8, 4) is 6.07 Å². The van der Waals surface area contributed by atoms with Crippen LogP contribution in [0.3, 0.4) is 0 Å². The van der Waals surface area contributed by atoms with Crippen molar-refractivity contribution in [2.45, 2.75) is 18.8 Å². The highest BCUT2D eigenvalue weighted by Gasteiger charge is 2.51. The van der Waals surface area contributed by atoms with Crippen LogP contribution < -0.4 is 0 Å². The van der Waals surface area contributed by atoms with Crippen LogP contribution in [-0.2, 0) is 6.42 Å². The van der Waals surface area contributed by atoms with E-state index in [0.717, 1.165) is 5.56 Å². The van der Waals surface area contributed by atoms with Crippen LogP contribution in [0.5, 0.6) is 0 Å². The Morgan fingerprint density at radius 3 is 2.50 bits per heavy atom. The third kappa shape index (κ3) is 2.56.